The molecule has 13 heteroatoms. The number of nitrogens with zero attached hydrogens (tertiary/aromatic N) is 2. The van der Waals surface area contributed by atoms with Gasteiger partial charge in [0, 0.05) is 42.4 Å². The van der Waals surface area contributed by atoms with E-state index in [2.05, 4.69) is 9.97 Å². The first kappa shape index (κ1) is 26.9. The fourth-order valence-electron chi connectivity index (χ4n) is 4.63. The lowest BCUT2D eigenvalue weighted by Gasteiger charge is -2.25. The summed E-state index contributed by atoms with van der Waals surface area (Å²) in [4.78, 5) is 19.5. The van der Waals surface area contributed by atoms with E-state index in [0.29, 0.717) is 34.0 Å². The summed E-state index contributed by atoms with van der Waals surface area (Å²) >= 11 is 0. The lowest BCUT2D eigenvalue weighted by atomic mass is 10.0. The maximum atomic E-state index is 13.6. The summed E-state index contributed by atoms with van der Waals surface area (Å²) in [5.74, 6) is 0.0704. The standard InChI is InChI=1S/C26H27FN4O6S2/c1-38(33,34)30-23(32)4-3-13-31(39(2,35)36)21-15-22-20(14-19(21)16-5-6-16)24(26-28-11-12-29-26)25(37-22)17-7-9-18(27)10-8-17/h7-12,14-16H,3-6,13H2,1-2H3,(H,28,29)(H,30,32). The monoisotopic (exact) mass is 574 g/mol. The first-order valence-corrected chi connectivity index (χ1v) is 16.0. The number of rotatable bonds is 10. The molecule has 5 rings (SSSR count). The van der Waals surface area contributed by atoms with E-state index in [1.807, 2.05) is 10.8 Å². The zero-order chi connectivity index (χ0) is 27.9. The molecule has 0 spiro atoms. The molecule has 206 valence electrons. The average Bonchev–Trinajstić information content (AvgIpc) is 3.41. The summed E-state index contributed by atoms with van der Waals surface area (Å²) < 4.78 is 71.6. The van der Waals surface area contributed by atoms with E-state index < -0.39 is 26.0 Å². The number of hydrogen-bond acceptors (Lipinski definition) is 7. The van der Waals surface area contributed by atoms with Crippen molar-refractivity contribution in [2.24, 2.45) is 0 Å². The summed E-state index contributed by atoms with van der Waals surface area (Å²) in [5.41, 5.74) is 3.00. The molecule has 2 aromatic heterocycles. The number of H-pyrrole nitrogens is 1. The van der Waals surface area contributed by atoms with Crippen LogP contribution in [0.15, 0.2) is 53.2 Å². The van der Waals surface area contributed by atoms with E-state index in [-0.39, 0.29) is 31.1 Å². The zero-order valence-electron chi connectivity index (χ0n) is 21.3. The van der Waals surface area contributed by atoms with Crippen molar-refractivity contribution < 1.29 is 30.4 Å². The van der Waals surface area contributed by atoms with Crippen LogP contribution in [-0.2, 0) is 24.8 Å². The molecule has 0 bridgehead atoms. The smallest absolute Gasteiger partial charge is 0.233 e. The van der Waals surface area contributed by atoms with Crippen molar-refractivity contribution in [3.8, 4) is 22.7 Å². The molecule has 2 aromatic carbocycles. The van der Waals surface area contributed by atoms with Gasteiger partial charge in [-0.15, -0.1) is 0 Å². The number of aromatic nitrogens is 2. The van der Waals surface area contributed by atoms with Gasteiger partial charge in [0.1, 0.15) is 23.0 Å². The second-order valence-corrected chi connectivity index (χ2v) is 13.3. The summed E-state index contributed by atoms with van der Waals surface area (Å²) in [6.45, 7) is -0.0299. The van der Waals surface area contributed by atoms with E-state index in [1.54, 1.807) is 30.6 Å². The van der Waals surface area contributed by atoms with Crippen LogP contribution in [0.2, 0.25) is 0 Å². The van der Waals surface area contributed by atoms with E-state index in [1.165, 1.54) is 16.4 Å². The minimum absolute atomic E-state index is 0.0299. The summed E-state index contributed by atoms with van der Waals surface area (Å²) in [6.07, 6.45) is 6.99. The van der Waals surface area contributed by atoms with Gasteiger partial charge in [0.05, 0.1) is 23.8 Å². The number of fused-ring (bicyclic) bond motifs is 1. The van der Waals surface area contributed by atoms with Crippen LogP contribution in [-0.4, -0.2) is 51.8 Å². The van der Waals surface area contributed by atoms with Crippen LogP contribution in [0.3, 0.4) is 0 Å². The number of carbonyl (C=O) groups is 1. The van der Waals surface area contributed by atoms with Gasteiger partial charge in [-0.25, -0.2) is 26.2 Å². The molecular formula is C26H27FN4O6S2. The Kier molecular flexibility index (Phi) is 6.97. The fourth-order valence-corrected chi connectivity index (χ4v) is 6.13. The predicted octanol–water partition coefficient (Wildman–Crippen LogP) is 4.13. The second-order valence-electron chi connectivity index (χ2n) is 9.67. The third-order valence-corrected chi connectivity index (χ3v) is 8.21. The molecule has 0 unspecified atom stereocenters. The number of aromatic amines is 1. The number of carbonyl (C=O) groups excluding carboxylic acids is 1. The molecule has 2 heterocycles. The fraction of sp³-hybridized carbons (Fsp3) is 0.308. The number of furan rings is 1. The highest BCUT2D eigenvalue weighted by atomic mass is 32.2. The van der Waals surface area contributed by atoms with Crippen molar-refractivity contribution in [2.75, 3.05) is 23.4 Å². The molecule has 10 nitrogen and oxygen atoms in total. The van der Waals surface area contributed by atoms with Gasteiger partial charge in [0.25, 0.3) is 0 Å². The van der Waals surface area contributed by atoms with Crippen LogP contribution in [0, 0.1) is 5.82 Å². The number of halogens is 1. The van der Waals surface area contributed by atoms with Crippen LogP contribution in [0.5, 0.6) is 0 Å². The quantitative estimate of drug-likeness (QED) is 0.290. The van der Waals surface area contributed by atoms with Gasteiger partial charge in [0.15, 0.2) is 0 Å². The lowest BCUT2D eigenvalue weighted by molar-refractivity contribution is -0.119. The van der Waals surface area contributed by atoms with Crippen molar-refractivity contribution in [1.82, 2.24) is 14.7 Å². The van der Waals surface area contributed by atoms with Gasteiger partial charge in [-0.3, -0.25) is 13.8 Å². The summed E-state index contributed by atoms with van der Waals surface area (Å²) in [6, 6.07) is 9.48. The van der Waals surface area contributed by atoms with Crippen LogP contribution < -0.4 is 9.03 Å². The Morgan fingerprint density at radius 1 is 1.15 bits per heavy atom. The molecule has 1 fully saturated rings. The Morgan fingerprint density at radius 3 is 2.46 bits per heavy atom. The Morgan fingerprint density at radius 2 is 1.87 bits per heavy atom. The SMILES string of the molecule is CS(=O)(=O)NC(=O)CCCN(c1cc2oc(-c3ccc(F)cc3)c(-c3ncc[nH]3)c2cc1C1CC1)S(C)(=O)=O. The molecule has 0 saturated heterocycles. The van der Waals surface area contributed by atoms with Gasteiger partial charge in [0.2, 0.25) is 26.0 Å². The molecule has 1 saturated carbocycles. The molecule has 4 aromatic rings. The van der Waals surface area contributed by atoms with Gasteiger partial charge in [-0.05, 0) is 61.1 Å². The average molecular weight is 575 g/mol. The summed E-state index contributed by atoms with van der Waals surface area (Å²) in [7, 11) is -7.48. The maximum Gasteiger partial charge on any atom is 0.233 e. The molecule has 0 aliphatic heterocycles. The Labute approximate surface area is 225 Å². The maximum absolute atomic E-state index is 13.6. The molecule has 0 radical (unpaired) electrons. The number of benzene rings is 2. The van der Waals surface area contributed by atoms with E-state index in [4.69, 9.17) is 4.42 Å². The molecule has 1 aliphatic rings. The van der Waals surface area contributed by atoms with Crippen molar-refractivity contribution in [3.05, 3.63) is 60.2 Å². The highest BCUT2D eigenvalue weighted by molar-refractivity contribution is 7.92. The molecule has 2 N–H and O–H groups in total. The molecule has 39 heavy (non-hydrogen) atoms. The van der Waals surface area contributed by atoms with E-state index in [0.717, 1.165) is 36.3 Å². The van der Waals surface area contributed by atoms with Crippen LogP contribution >= 0.6 is 0 Å². The normalized spacial score (nSPS) is 14.0. The minimum Gasteiger partial charge on any atom is -0.455 e. The number of anilines is 1. The topological polar surface area (TPSA) is 142 Å². The Balaban J connectivity index is 1.60. The highest BCUT2D eigenvalue weighted by Crippen LogP contribution is 2.49. The van der Waals surface area contributed by atoms with Gasteiger partial charge < -0.3 is 9.40 Å². The Bertz CT molecular complexity index is 1740. The third-order valence-electron chi connectivity index (χ3n) is 6.43. The third kappa shape index (κ3) is 5.98. The zero-order valence-corrected chi connectivity index (χ0v) is 22.9. The Hall–Kier alpha value is -3.71. The second kappa shape index (κ2) is 10.1. The van der Waals surface area contributed by atoms with Crippen LogP contribution in [0.4, 0.5) is 10.1 Å². The number of nitrogens with one attached hydrogen (secondary N) is 2. The lowest BCUT2D eigenvalue weighted by Crippen LogP contribution is -2.33. The molecular weight excluding hydrogens is 547 g/mol. The first-order valence-electron chi connectivity index (χ1n) is 12.2. The van der Waals surface area contributed by atoms with Crippen molar-refractivity contribution in [1.29, 1.82) is 0 Å². The van der Waals surface area contributed by atoms with Gasteiger partial charge in [-0.1, -0.05) is 0 Å². The first-order chi connectivity index (χ1) is 18.4. The number of hydrogen-bond donors (Lipinski definition) is 2. The molecule has 1 aliphatic carbocycles. The molecule has 1 amide bonds. The van der Waals surface area contributed by atoms with E-state index in [9.17, 15) is 26.0 Å². The largest absolute Gasteiger partial charge is 0.455 e. The predicted molar refractivity (Wildman–Crippen MR) is 146 cm³/mol. The molecule has 0 atom stereocenters. The number of amides is 1. The van der Waals surface area contributed by atoms with Crippen LogP contribution in [0.1, 0.15) is 37.2 Å². The number of imidazole rings is 1. The van der Waals surface area contributed by atoms with Gasteiger partial charge >= 0.3 is 0 Å². The van der Waals surface area contributed by atoms with Crippen LogP contribution in [0.25, 0.3) is 33.7 Å². The number of sulfonamides is 2. The highest BCUT2D eigenvalue weighted by Gasteiger charge is 2.32. The van der Waals surface area contributed by atoms with Crippen molar-refractivity contribution >= 4 is 42.6 Å². The van der Waals surface area contributed by atoms with Crippen molar-refractivity contribution in [2.45, 2.75) is 31.6 Å². The van der Waals surface area contributed by atoms with E-state index >= 15 is 0 Å². The summed E-state index contributed by atoms with van der Waals surface area (Å²) in [5, 5.41) is 0.732. The van der Waals surface area contributed by atoms with Crippen molar-refractivity contribution in [3.63, 3.8) is 0 Å². The minimum atomic E-state index is -3.77. The van der Waals surface area contributed by atoms with Gasteiger partial charge in [-0.2, -0.15) is 0 Å².